The molecule has 0 aliphatic heterocycles. The molecular weight excluding hydrogens is 444 g/mol. The van der Waals surface area contributed by atoms with Gasteiger partial charge in [0.05, 0.1) is 27.2 Å². The van der Waals surface area contributed by atoms with E-state index in [9.17, 15) is 23.1 Å². The molecular formula is C21H21ClN2O6S. The van der Waals surface area contributed by atoms with E-state index in [0.29, 0.717) is 5.39 Å². The van der Waals surface area contributed by atoms with Gasteiger partial charge >= 0.3 is 5.97 Å². The summed E-state index contributed by atoms with van der Waals surface area (Å²) < 4.78 is 28.7. The minimum Gasteiger partial charge on any atom is -0.492 e. The lowest BCUT2D eigenvalue weighted by Crippen LogP contribution is -2.31. The van der Waals surface area contributed by atoms with E-state index in [1.165, 1.54) is 43.3 Å². The van der Waals surface area contributed by atoms with Crippen LogP contribution in [0.25, 0.3) is 10.9 Å². The lowest BCUT2D eigenvalue weighted by Gasteiger charge is -2.17. The first-order valence-electron chi connectivity index (χ1n) is 9.21. The van der Waals surface area contributed by atoms with E-state index in [4.69, 9.17) is 16.4 Å². The van der Waals surface area contributed by atoms with Crippen LogP contribution in [0.5, 0.6) is 5.88 Å². The third-order valence-corrected chi connectivity index (χ3v) is 6.30. The summed E-state index contributed by atoms with van der Waals surface area (Å²) in [6.45, 7) is 6.16. The van der Waals surface area contributed by atoms with Crippen LogP contribution in [0.1, 0.15) is 38.1 Å². The molecule has 0 fully saturated rings. The van der Waals surface area contributed by atoms with Crippen molar-refractivity contribution in [2.24, 2.45) is 5.41 Å². The lowest BCUT2D eigenvalue weighted by molar-refractivity contribution is -0.153. The molecule has 2 aromatic carbocycles. The highest BCUT2D eigenvalue weighted by Gasteiger charge is 2.29. The minimum absolute atomic E-state index is 0.0442. The number of Topliss-reactive ketones (excluding diaryl/α,β-unsaturated/α-hetero) is 1. The second-order valence-corrected chi connectivity index (χ2v) is 10.0. The maximum Gasteiger partial charge on any atom is 0.338 e. The van der Waals surface area contributed by atoms with E-state index in [1.54, 1.807) is 26.8 Å². The lowest BCUT2D eigenvalue weighted by atomic mass is 9.98. The van der Waals surface area contributed by atoms with Gasteiger partial charge in [-0.05, 0) is 58.0 Å². The number of nitrogens with zero attached hydrogens (tertiary/aromatic N) is 1. The van der Waals surface area contributed by atoms with Gasteiger partial charge in [-0.2, -0.15) is 0 Å². The summed E-state index contributed by atoms with van der Waals surface area (Å²) in [6, 6.07) is 10.2. The molecule has 0 amide bonds. The van der Waals surface area contributed by atoms with E-state index in [1.807, 2.05) is 0 Å². The van der Waals surface area contributed by atoms with E-state index in [-0.39, 0.29) is 26.7 Å². The van der Waals surface area contributed by atoms with Gasteiger partial charge in [0.1, 0.15) is 4.90 Å². The van der Waals surface area contributed by atoms with Gasteiger partial charge in [0.15, 0.2) is 5.78 Å². The summed E-state index contributed by atoms with van der Waals surface area (Å²) in [5.74, 6) is -1.65. The van der Waals surface area contributed by atoms with Crippen LogP contribution in [0.15, 0.2) is 47.4 Å². The highest BCUT2D eigenvalue weighted by molar-refractivity contribution is 7.92. The highest BCUT2D eigenvalue weighted by Crippen LogP contribution is 2.34. The Hall–Kier alpha value is -3.04. The quantitative estimate of drug-likeness (QED) is 0.551. The van der Waals surface area contributed by atoms with Crippen LogP contribution >= 0.6 is 11.6 Å². The number of carbonyl (C=O) groups excluding carboxylic acids is 2. The zero-order chi connectivity index (χ0) is 23.1. The molecule has 8 nitrogen and oxygen atoms in total. The third-order valence-electron chi connectivity index (χ3n) is 4.42. The molecule has 0 unspecified atom stereocenters. The Morgan fingerprint density at radius 1 is 1.13 bits per heavy atom. The molecule has 3 aromatic rings. The topological polar surface area (TPSA) is 115 Å². The summed E-state index contributed by atoms with van der Waals surface area (Å²) in [5, 5.41) is 10.9. The molecule has 31 heavy (non-hydrogen) atoms. The fraction of sp³-hybridized carbons (Fsp3) is 0.238. The number of anilines is 1. The Kier molecular flexibility index (Phi) is 5.77. The molecule has 0 aliphatic rings. The second-order valence-electron chi connectivity index (χ2n) is 7.95. The Bertz CT molecular complexity index is 1310. The van der Waals surface area contributed by atoms with Gasteiger partial charge in [0, 0.05) is 5.39 Å². The normalized spacial score (nSPS) is 12.0. The van der Waals surface area contributed by atoms with Crippen molar-refractivity contribution in [3.05, 3.63) is 53.1 Å². The molecule has 2 N–H and O–H groups in total. The Morgan fingerprint density at radius 3 is 2.35 bits per heavy atom. The number of rotatable bonds is 5. The number of aromatic hydroxyl groups is 1. The highest BCUT2D eigenvalue weighted by atomic mass is 35.5. The third kappa shape index (κ3) is 4.38. The molecule has 10 heteroatoms. The van der Waals surface area contributed by atoms with Crippen molar-refractivity contribution >= 4 is 50.0 Å². The molecule has 0 aliphatic carbocycles. The van der Waals surface area contributed by atoms with E-state index in [0.717, 1.165) is 4.73 Å². The smallest absolute Gasteiger partial charge is 0.338 e. The van der Waals surface area contributed by atoms with Crippen LogP contribution in [-0.2, 0) is 14.8 Å². The summed E-state index contributed by atoms with van der Waals surface area (Å²) in [7, 11) is -4.02. The van der Waals surface area contributed by atoms with Gasteiger partial charge in [-0.15, -0.1) is 4.73 Å². The predicted molar refractivity (Wildman–Crippen MR) is 117 cm³/mol. The van der Waals surface area contributed by atoms with Crippen LogP contribution < -0.4 is 9.56 Å². The molecule has 1 aromatic heterocycles. The molecule has 0 saturated carbocycles. The van der Waals surface area contributed by atoms with Crippen molar-refractivity contribution in [1.82, 2.24) is 4.73 Å². The van der Waals surface area contributed by atoms with Gasteiger partial charge < -0.3 is 9.94 Å². The first-order chi connectivity index (χ1) is 14.3. The van der Waals surface area contributed by atoms with E-state index < -0.39 is 33.1 Å². The van der Waals surface area contributed by atoms with Crippen molar-refractivity contribution < 1.29 is 28.0 Å². The van der Waals surface area contributed by atoms with Crippen molar-refractivity contribution in [3.63, 3.8) is 0 Å². The van der Waals surface area contributed by atoms with Crippen molar-refractivity contribution in [3.8, 4) is 5.88 Å². The number of hydrogen-bond donors (Lipinski definition) is 2. The fourth-order valence-corrected chi connectivity index (χ4v) is 4.41. The largest absolute Gasteiger partial charge is 0.492 e. The first kappa shape index (κ1) is 22.6. The van der Waals surface area contributed by atoms with Crippen LogP contribution in [-0.4, -0.2) is 30.0 Å². The fourth-order valence-electron chi connectivity index (χ4n) is 2.84. The maximum atomic E-state index is 12.7. The van der Waals surface area contributed by atoms with Crippen molar-refractivity contribution in [2.45, 2.75) is 32.6 Å². The van der Waals surface area contributed by atoms with Crippen molar-refractivity contribution in [1.29, 1.82) is 0 Å². The van der Waals surface area contributed by atoms with Crippen LogP contribution in [0.4, 0.5) is 5.69 Å². The number of ketones is 1. The standard InChI is InChI=1S/C21H21ClN2O6S/c1-12(25)18-14-10-9-13(23-31(28,29)17-8-6-5-7-15(17)22)11-16(14)24(19(18)26)30-20(27)21(2,3)4/h5-11,23,26H,1-4H3. The number of carbonyl (C=O) groups is 2. The van der Waals surface area contributed by atoms with Gasteiger partial charge in [0.25, 0.3) is 10.0 Å². The molecule has 0 saturated heterocycles. The van der Waals surface area contributed by atoms with Gasteiger partial charge in [-0.3, -0.25) is 9.52 Å². The van der Waals surface area contributed by atoms with Crippen LogP contribution in [0.2, 0.25) is 5.02 Å². The maximum absolute atomic E-state index is 12.7. The number of sulfonamides is 1. The predicted octanol–water partition coefficient (Wildman–Crippen LogP) is 4.01. The second kappa shape index (κ2) is 7.90. The van der Waals surface area contributed by atoms with E-state index in [2.05, 4.69) is 4.72 Å². The van der Waals surface area contributed by atoms with Gasteiger partial charge in [0.2, 0.25) is 5.88 Å². The molecule has 0 atom stereocenters. The number of fused-ring (bicyclic) bond motifs is 1. The number of benzene rings is 2. The van der Waals surface area contributed by atoms with Crippen molar-refractivity contribution in [2.75, 3.05) is 4.72 Å². The SMILES string of the molecule is CC(=O)c1c(O)n(OC(=O)C(C)(C)C)c2cc(NS(=O)(=O)c3ccccc3Cl)ccc12. The average molecular weight is 465 g/mol. The summed E-state index contributed by atoms with van der Waals surface area (Å²) in [4.78, 5) is 29.7. The Balaban J connectivity index is 2.12. The zero-order valence-electron chi connectivity index (χ0n) is 17.3. The monoisotopic (exact) mass is 464 g/mol. The Morgan fingerprint density at radius 2 is 1.77 bits per heavy atom. The zero-order valence-corrected chi connectivity index (χ0v) is 18.8. The number of aromatic nitrogens is 1. The van der Waals surface area contributed by atoms with Gasteiger partial charge in [-0.25, -0.2) is 13.2 Å². The molecule has 0 bridgehead atoms. The number of halogens is 1. The minimum atomic E-state index is -4.02. The number of nitrogens with one attached hydrogen (secondary N) is 1. The molecule has 1 heterocycles. The molecule has 164 valence electrons. The Labute approximate surface area is 184 Å². The summed E-state index contributed by atoms with van der Waals surface area (Å²) in [6.07, 6.45) is 0. The average Bonchev–Trinajstić information content (AvgIpc) is 2.92. The molecule has 0 radical (unpaired) electrons. The number of hydrogen-bond acceptors (Lipinski definition) is 6. The summed E-state index contributed by atoms with van der Waals surface area (Å²) >= 11 is 6.00. The van der Waals surface area contributed by atoms with E-state index >= 15 is 0 Å². The molecule has 0 spiro atoms. The first-order valence-corrected chi connectivity index (χ1v) is 11.1. The van der Waals surface area contributed by atoms with Crippen LogP contribution in [0, 0.1) is 5.41 Å². The van der Waals surface area contributed by atoms with Crippen LogP contribution in [0.3, 0.4) is 0 Å². The molecule has 3 rings (SSSR count). The summed E-state index contributed by atoms with van der Waals surface area (Å²) in [5.41, 5.74) is -0.673. The van der Waals surface area contributed by atoms with Gasteiger partial charge in [-0.1, -0.05) is 23.7 Å².